The van der Waals surface area contributed by atoms with E-state index >= 15 is 0 Å². The third kappa shape index (κ3) is 4.83. The van der Waals surface area contributed by atoms with E-state index in [-0.39, 0.29) is 12.1 Å². The van der Waals surface area contributed by atoms with Gasteiger partial charge < -0.3 is 10.1 Å². The van der Waals surface area contributed by atoms with Crippen LogP contribution in [0.4, 0.5) is 5.69 Å². The molecule has 0 aliphatic heterocycles. The minimum absolute atomic E-state index is 0.146. The number of halogens is 2. The Balaban J connectivity index is 2.07. The molecule has 1 atom stereocenters. The van der Waals surface area contributed by atoms with Crippen molar-refractivity contribution in [3.8, 4) is 5.75 Å². The Bertz CT molecular complexity index is 576. The molecule has 0 heterocycles. The molecule has 0 saturated heterocycles. The summed E-state index contributed by atoms with van der Waals surface area (Å²) < 4.78 is 5.64. The van der Waals surface area contributed by atoms with E-state index < -0.39 is 0 Å². The molecule has 0 aromatic heterocycles. The Morgan fingerprint density at radius 3 is 2.00 bits per heavy atom. The molecule has 2 rings (SSSR count). The average Bonchev–Trinajstić information content (AvgIpc) is 2.37. The standard InChI is InChI=1S/C17H19Cl2NO/c1-11(2)21-17-6-4-13(5-7-17)12(3)20-16-9-14(18)8-15(19)10-16/h4-12,20H,1-3H3. The van der Waals surface area contributed by atoms with E-state index in [1.54, 1.807) is 6.07 Å². The third-order valence-electron chi connectivity index (χ3n) is 3.00. The van der Waals surface area contributed by atoms with Crippen LogP contribution in [0.25, 0.3) is 0 Å². The molecule has 0 radical (unpaired) electrons. The molecule has 4 heteroatoms. The molecule has 0 fully saturated rings. The van der Waals surface area contributed by atoms with Crippen molar-refractivity contribution >= 4 is 28.9 Å². The Morgan fingerprint density at radius 2 is 1.48 bits per heavy atom. The normalized spacial score (nSPS) is 12.3. The highest BCUT2D eigenvalue weighted by Gasteiger charge is 2.07. The quantitative estimate of drug-likeness (QED) is 0.733. The molecule has 21 heavy (non-hydrogen) atoms. The van der Waals surface area contributed by atoms with E-state index in [1.165, 1.54) is 5.56 Å². The van der Waals surface area contributed by atoms with Gasteiger partial charge in [-0.3, -0.25) is 0 Å². The smallest absolute Gasteiger partial charge is 0.119 e. The van der Waals surface area contributed by atoms with Crippen molar-refractivity contribution in [1.29, 1.82) is 0 Å². The molecular weight excluding hydrogens is 305 g/mol. The number of rotatable bonds is 5. The molecule has 2 nitrogen and oxygen atoms in total. The van der Waals surface area contributed by atoms with Gasteiger partial charge in [0.2, 0.25) is 0 Å². The highest BCUT2D eigenvalue weighted by Crippen LogP contribution is 2.26. The largest absolute Gasteiger partial charge is 0.491 e. The summed E-state index contributed by atoms with van der Waals surface area (Å²) >= 11 is 12.0. The fourth-order valence-electron chi connectivity index (χ4n) is 2.08. The van der Waals surface area contributed by atoms with Gasteiger partial charge in [-0.15, -0.1) is 0 Å². The number of nitrogens with one attached hydrogen (secondary N) is 1. The Labute approximate surface area is 136 Å². The molecule has 0 aliphatic carbocycles. The molecule has 2 aromatic rings. The SMILES string of the molecule is CC(C)Oc1ccc(C(C)Nc2cc(Cl)cc(Cl)c2)cc1. The van der Waals surface area contributed by atoms with Gasteiger partial charge in [-0.1, -0.05) is 35.3 Å². The second-order valence-corrected chi connectivity index (χ2v) is 6.13. The minimum atomic E-state index is 0.146. The number of hydrogen-bond acceptors (Lipinski definition) is 2. The van der Waals surface area contributed by atoms with E-state index in [0.29, 0.717) is 10.0 Å². The first-order valence-electron chi connectivity index (χ1n) is 6.93. The Kier molecular flexibility index (Phi) is 5.38. The van der Waals surface area contributed by atoms with Gasteiger partial charge in [0.15, 0.2) is 0 Å². The van der Waals surface area contributed by atoms with Crippen LogP contribution in [0.5, 0.6) is 5.75 Å². The van der Waals surface area contributed by atoms with Gasteiger partial charge in [0.05, 0.1) is 6.10 Å². The number of ether oxygens (including phenoxy) is 1. The zero-order valence-corrected chi connectivity index (χ0v) is 13.9. The topological polar surface area (TPSA) is 21.3 Å². The summed E-state index contributed by atoms with van der Waals surface area (Å²) in [6.45, 7) is 6.12. The van der Waals surface area contributed by atoms with Crippen molar-refractivity contribution in [2.75, 3.05) is 5.32 Å². The first kappa shape index (κ1) is 16.0. The molecule has 0 aliphatic rings. The minimum Gasteiger partial charge on any atom is -0.491 e. The molecule has 0 saturated carbocycles. The van der Waals surface area contributed by atoms with Crippen molar-refractivity contribution in [3.05, 3.63) is 58.1 Å². The van der Waals surface area contributed by atoms with E-state index in [9.17, 15) is 0 Å². The second kappa shape index (κ2) is 7.06. The summed E-state index contributed by atoms with van der Waals surface area (Å²) in [6, 6.07) is 13.7. The average molecular weight is 324 g/mol. The molecule has 0 amide bonds. The van der Waals surface area contributed by atoms with Crippen molar-refractivity contribution in [3.63, 3.8) is 0 Å². The van der Waals surface area contributed by atoms with Gasteiger partial charge in [0.25, 0.3) is 0 Å². The summed E-state index contributed by atoms with van der Waals surface area (Å²) in [7, 11) is 0. The second-order valence-electron chi connectivity index (χ2n) is 5.26. The van der Waals surface area contributed by atoms with Gasteiger partial charge in [0, 0.05) is 21.8 Å². The van der Waals surface area contributed by atoms with Crippen LogP contribution >= 0.6 is 23.2 Å². The lowest BCUT2D eigenvalue weighted by molar-refractivity contribution is 0.242. The maximum absolute atomic E-state index is 6.01. The summed E-state index contributed by atoms with van der Waals surface area (Å²) in [4.78, 5) is 0. The zero-order chi connectivity index (χ0) is 15.4. The van der Waals surface area contributed by atoms with Gasteiger partial charge in [0.1, 0.15) is 5.75 Å². The van der Waals surface area contributed by atoms with Gasteiger partial charge in [-0.25, -0.2) is 0 Å². The molecule has 1 N–H and O–H groups in total. The van der Waals surface area contributed by atoms with Crippen LogP contribution in [-0.2, 0) is 0 Å². The number of hydrogen-bond donors (Lipinski definition) is 1. The van der Waals surface area contributed by atoms with Crippen molar-refractivity contribution in [2.24, 2.45) is 0 Å². The number of anilines is 1. The van der Waals surface area contributed by atoms with Crippen LogP contribution in [0.2, 0.25) is 10.0 Å². The molecule has 112 valence electrons. The summed E-state index contributed by atoms with van der Waals surface area (Å²) in [5.74, 6) is 0.881. The van der Waals surface area contributed by atoms with E-state index in [4.69, 9.17) is 27.9 Å². The first-order chi connectivity index (χ1) is 9.94. The maximum Gasteiger partial charge on any atom is 0.119 e. The maximum atomic E-state index is 6.01. The van der Waals surface area contributed by atoms with Crippen LogP contribution in [0.1, 0.15) is 32.4 Å². The third-order valence-corrected chi connectivity index (χ3v) is 3.43. The molecule has 1 unspecified atom stereocenters. The van der Waals surface area contributed by atoms with Gasteiger partial charge >= 0.3 is 0 Å². The first-order valence-corrected chi connectivity index (χ1v) is 7.69. The highest BCUT2D eigenvalue weighted by atomic mass is 35.5. The Morgan fingerprint density at radius 1 is 0.905 bits per heavy atom. The van der Waals surface area contributed by atoms with E-state index in [1.807, 2.05) is 38.1 Å². The fourth-order valence-corrected chi connectivity index (χ4v) is 2.60. The lowest BCUT2D eigenvalue weighted by Gasteiger charge is -2.17. The Hall–Kier alpha value is -1.38. The summed E-state index contributed by atoms with van der Waals surface area (Å²) in [5, 5.41) is 4.64. The van der Waals surface area contributed by atoms with Crippen LogP contribution in [-0.4, -0.2) is 6.10 Å². The van der Waals surface area contributed by atoms with Gasteiger partial charge in [-0.05, 0) is 56.7 Å². The predicted octanol–water partition coefficient (Wildman–Crippen LogP) is 5.95. The van der Waals surface area contributed by atoms with E-state index in [0.717, 1.165) is 11.4 Å². The lowest BCUT2D eigenvalue weighted by Crippen LogP contribution is -2.08. The van der Waals surface area contributed by atoms with Crippen molar-refractivity contribution in [2.45, 2.75) is 32.9 Å². The van der Waals surface area contributed by atoms with E-state index in [2.05, 4.69) is 24.4 Å². The van der Waals surface area contributed by atoms with Gasteiger partial charge in [-0.2, -0.15) is 0 Å². The highest BCUT2D eigenvalue weighted by molar-refractivity contribution is 6.35. The summed E-state index contributed by atoms with van der Waals surface area (Å²) in [5.41, 5.74) is 2.07. The fraction of sp³-hybridized carbons (Fsp3) is 0.294. The molecular formula is C17H19Cl2NO. The van der Waals surface area contributed by atoms with Crippen LogP contribution in [0, 0.1) is 0 Å². The van der Waals surface area contributed by atoms with Crippen molar-refractivity contribution in [1.82, 2.24) is 0 Å². The molecule has 0 spiro atoms. The van der Waals surface area contributed by atoms with Crippen LogP contribution in [0.3, 0.4) is 0 Å². The summed E-state index contributed by atoms with van der Waals surface area (Å²) in [6.07, 6.45) is 0.181. The predicted molar refractivity (Wildman–Crippen MR) is 90.7 cm³/mol. The monoisotopic (exact) mass is 323 g/mol. The molecule has 2 aromatic carbocycles. The van der Waals surface area contributed by atoms with Crippen molar-refractivity contribution < 1.29 is 4.74 Å². The molecule has 0 bridgehead atoms. The van der Waals surface area contributed by atoms with Crippen LogP contribution in [0.15, 0.2) is 42.5 Å². The zero-order valence-electron chi connectivity index (χ0n) is 12.4. The number of benzene rings is 2. The lowest BCUT2D eigenvalue weighted by atomic mass is 10.1. The van der Waals surface area contributed by atoms with Crippen LogP contribution < -0.4 is 10.1 Å².